The maximum atomic E-state index is 11.7. The number of benzene rings is 1. The highest BCUT2D eigenvalue weighted by Crippen LogP contribution is 2.19. The molecule has 0 saturated carbocycles. The minimum absolute atomic E-state index is 0. The van der Waals surface area contributed by atoms with Gasteiger partial charge in [-0.1, -0.05) is 31.5 Å². The first-order chi connectivity index (χ1) is 9.31. The van der Waals surface area contributed by atoms with E-state index >= 15 is 0 Å². The van der Waals surface area contributed by atoms with Crippen molar-refractivity contribution in [3.8, 4) is 0 Å². The predicted molar refractivity (Wildman–Crippen MR) is 87.9 cm³/mol. The summed E-state index contributed by atoms with van der Waals surface area (Å²) in [6, 6.07) is 4.61. The van der Waals surface area contributed by atoms with Crippen LogP contribution in [-0.4, -0.2) is 24.4 Å². The lowest BCUT2D eigenvalue weighted by Crippen LogP contribution is -2.46. The fourth-order valence-electron chi connectivity index (χ4n) is 1.46. The Morgan fingerprint density at radius 3 is 2.48 bits per heavy atom. The fourth-order valence-corrected chi connectivity index (χ4v) is 1.64. The maximum Gasteiger partial charge on any atom is 0.243 e. The monoisotopic (exact) mass is 333 g/mol. The quantitative estimate of drug-likeness (QED) is 0.771. The normalized spacial score (nSPS) is 11.5. The van der Waals surface area contributed by atoms with Crippen LogP contribution in [0.15, 0.2) is 18.2 Å². The summed E-state index contributed by atoms with van der Waals surface area (Å²) in [4.78, 5) is 23.3. The zero-order chi connectivity index (χ0) is 15.3. The van der Waals surface area contributed by atoms with E-state index in [0.717, 1.165) is 5.56 Å². The Balaban J connectivity index is 0.00000400. The number of nitrogens with one attached hydrogen (secondary N) is 2. The molecule has 7 heteroatoms. The molecular weight excluding hydrogens is 313 g/mol. The molecule has 0 fully saturated rings. The van der Waals surface area contributed by atoms with Gasteiger partial charge in [-0.05, 0) is 30.5 Å². The molecule has 0 aliphatic rings. The third kappa shape index (κ3) is 6.33. The van der Waals surface area contributed by atoms with Gasteiger partial charge in [0, 0.05) is 10.7 Å². The largest absolute Gasteiger partial charge is 0.346 e. The van der Waals surface area contributed by atoms with Gasteiger partial charge in [0.05, 0.1) is 12.6 Å². The van der Waals surface area contributed by atoms with Crippen molar-refractivity contribution in [2.75, 3.05) is 11.9 Å². The van der Waals surface area contributed by atoms with Crippen molar-refractivity contribution in [1.82, 2.24) is 5.32 Å². The average Bonchev–Trinajstić information content (AvgIpc) is 2.39. The molecule has 21 heavy (non-hydrogen) atoms. The van der Waals surface area contributed by atoms with Gasteiger partial charge in [0.15, 0.2) is 0 Å². The summed E-state index contributed by atoms with van der Waals surface area (Å²) in [6.07, 6.45) is 0. The smallest absolute Gasteiger partial charge is 0.243 e. The number of nitrogens with two attached hydrogens (primary N) is 1. The Hall–Kier alpha value is -1.30. The number of hydrogen-bond donors (Lipinski definition) is 3. The Labute approximate surface area is 136 Å². The molecule has 0 bridgehead atoms. The summed E-state index contributed by atoms with van der Waals surface area (Å²) in [5.74, 6) is -0.639. The lowest BCUT2D eigenvalue weighted by atomic mass is 10.1. The lowest BCUT2D eigenvalue weighted by molar-refractivity contribution is -0.125. The SMILES string of the molecule is Cc1ccc(NC(=O)CNC(=O)[C@@H](N)C(C)C)cc1Cl.Cl. The molecule has 0 heterocycles. The highest BCUT2D eigenvalue weighted by Gasteiger charge is 2.17. The fraction of sp³-hybridized carbons (Fsp3) is 0.429. The van der Waals surface area contributed by atoms with Crippen LogP contribution >= 0.6 is 24.0 Å². The van der Waals surface area contributed by atoms with E-state index in [-0.39, 0.29) is 36.7 Å². The van der Waals surface area contributed by atoms with Crippen molar-refractivity contribution < 1.29 is 9.59 Å². The van der Waals surface area contributed by atoms with E-state index in [1.54, 1.807) is 12.1 Å². The molecule has 0 aliphatic heterocycles. The van der Waals surface area contributed by atoms with Crippen LogP contribution in [0.4, 0.5) is 5.69 Å². The molecule has 0 spiro atoms. The van der Waals surface area contributed by atoms with Gasteiger partial charge in [-0.15, -0.1) is 12.4 Å². The van der Waals surface area contributed by atoms with Gasteiger partial charge in [-0.25, -0.2) is 0 Å². The Morgan fingerprint density at radius 2 is 1.95 bits per heavy atom. The lowest BCUT2D eigenvalue weighted by Gasteiger charge is -2.15. The van der Waals surface area contributed by atoms with Gasteiger partial charge >= 0.3 is 0 Å². The van der Waals surface area contributed by atoms with Gasteiger partial charge < -0.3 is 16.4 Å². The van der Waals surface area contributed by atoms with Crippen LogP contribution in [0, 0.1) is 12.8 Å². The van der Waals surface area contributed by atoms with Crippen LogP contribution in [0.25, 0.3) is 0 Å². The van der Waals surface area contributed by atoms with Crippen molar-refractivity contribution in [1.29, 1.82) is 0 Å². The van der Waals surface area contributed by atoms with Gasteiger partial charge in [0.1, 0.15) is 0 Å². The number of carbonyl (C=O) groups excluding carboxylic acids is 2. The van der Waals surface area contributed by atoms with Crippen molar-refractivity contribution >= 4 is 41.5 Å². The van der Waals surface area contributed by atoms with E-state index < -0.39 is 6.04 Å². The first kappa shape index (κ1) is 19.7. The second kappa shape index (κ2) is 8.87. The van der Waals surface area contributed by atoms with Gasteiger partial charge in [0.25, 0.3) is 0 Å². The predicted octanol–water partition coefficient (Wildman–Crippen LogP) is 2.11. The Morgan fingerprint density at radius 1 is 1.33 bits per heavy atom. The molecular formula is C14H21Cl2N3O2. The second-order valence-electron chi connectivity index (χ2n) is 5.00. The molecule has 1 aromatic carbocycles. The molecule has 0 aliphatic carbocycles. The van der Waals surface area contributed by atoms with Crippen LogP contribution in [0.2, 0.25) is 5.02 Å². The van der Waals surface area contributed by atoms with Crippen LogP contribution in [0.1, 0.15) is 19.4 Å². The third-order valence-electron chi connectivity index (χ3n) is 2.90. The highest BCUT2D eigenvalue weighted by molar-refractivity contribution is 6.31. The van der Waals surface area contributed by atoms with Gasteiger partial charge in [-0.3, -0.25) is 9.59 Å². The molecule has 1 atom stereocenters. The maximum absolute atomic E-state index is 11.7. The molecule has 1 aromatic rings. The average molecular weight is 334 g/mol. The number of carbonyl (C=O) groups is 2. The van der Waals surface area contributed by atoms with Gasteiger partial charge in [-0.2, -0.15) is 0 Å². The summed E-state index contributed by atoms with van der Waals surface area (Å²) in [7, 11) is 0. The topological polar surface area (TPSA) is 84.2 Å². The molecule has 0 aromatic heterocycles. The number of hydrogen-bond acceptors (Lipinski definition) is 3. The minimum atomic E-state index is -0.614. The Bertz CT molecular complexity index is 507. The zero-order valence-electron chi connectivity index (χ0n) is 12.3. The standard InChI is InChI=1S/C14H20ClN3O2.ClH/c1-8(2)13(16)14(20)17-7-12(19)18-10-5-4-9(3)11(15)6-10;/h4-6,8,13H,7,16H2,1-3H3,(H,17,20)(H,18,19);1H/t13-;/m0./s1. The summed E-state index contributed by atoms with van der Waals surface area (Å²) < 4.78 is 0. The van der Waals surface area contributed by atoms with Gasteiger partial charge in [0.2, 0.25) is 11.8 Å². The molecule has 0 saturated heterocycles. The number of amides is 2. The third-order valence-corrected chi connectivity index (χ3v) is 3.31. The van der Waals surface area contributed by atoms with E-state index in [4.69, 9.17) is 17.3 Å². The Kier molecular flexibility index (Phi) is 8.32. The van der Waals surface area contributed by atoms with Crippen LogP contribution in [0.5, 0.6) is 0 Å². The molecule has 118 valence electrons. The summed E-state index contributed by atoms with van der Waals surface area (Å²) >= 11 is 5.96. The van der Waals surface area contributed by atoms with E-state index in [1.165, 1.54) is 0 Å². The molecule has 4 N–H and O–H groups in total. The summed E-state index contributed by atoms with van der Waals surface area (Å²) in [5.41, 5.74) is 7.20. The van der Waals surface area contributed by atoms with Crippen LogP contribution < -0.4 is 16.4 Å². The van der Waals surface area contributed by atoms with Crippen LogP contribution in [0.3, 0.4) is 0 Å². The van der Waals surface area contributed by atoms with Crippen molar-refractivity contribution in [2.45, 2.75) is 26.8 Å². The molecule has 0 radical (unpaired) electrons. The van der Waals surface area contributed by atoms with E-state index in [0.29, 0.717) is 10.7 Å². The highest BCUT2D eigenvalue weighted by atomic mass is 35.5. The number of rotatable bonds is 5. The summed E-state index contributed by atoms with van der Waals surface area (Å²) in [5, 5.41) is 5.73. The van der Waals surface area contributed by atoms with E-state index in [2.05, 4.69) is 10.6 Å². The number of aryl methyl sites for hydroxylation is 1. The van der Waals surface area contributed by atoms with E-state index in [9.17, 15) is 9.59 Å². The first-order valence-corrected chi connectivity index (χ1v) is 6.78. The minimum Gasteiger partial charge on any atom is -0.346 e. The number of halogens is 2. The first-order valence-electron chi connectivity index (χ1n) is 6.40. The second-order valence-corrected chi connectivity index (χ2v) is 5.41. The van der Waals surface area contributed by atoms with Crippen molar-refractivity contribution in [3.05, 3.63) is 28.8 Å². The van der Waals surface area contributed by atoms with E-state index in [1.807, 2.05) is 26.8 Å². The molecule has 1 rings (SSSR count). The van der Waals surface area contributed by atoms with Crippen molar-refractivity contribution in [2.24, 2.45) is 11.7 Å². The molecule has 5 nitrogen and oxygen atoms in total. The summed E-state index contributed by atoms with van der Waals surface area (Å²) in [6.45, 7) is 5.45. The zero-order valence-corrected chi connectivity index (χ0v) is 13.8. The molecule has 2 amide bonds. The van der Waals surface area contributed by atoms with Crippen LogP contribution in [-0.2, 0) is 9.59 Å². The van der Waals surface area contributed by atoms with Crippen molar-refractivity contribution in [3.63, 3.8) is 0 Å². The molecule has 0 unspecified atom stereocenters. The number of anilines is 1.